The van der Waals surface area contributed by atoms with Gasteiger partial charge in [-0.2, -0.15) is 18.2 Å². The fraction of sp³-hybridized carbons (Fsp3) is 0.276. The summed E-state index contributed by atoms with van der Waals surface area (Å²) in [6.45, 7) is 27.2. The second-order valence-electron chi connectivity index (χ2n) is 21.2. The molecule has 0 aliphatic rings. The molecule has 0 fully saturated rings. The van der Waals surface area contributed by atoms with Gasteiger partial charge in [-0.1, -0.05) is 149 Å². The van der Waals surface area contributed by atoms with Crippen LogP contribution in [0.2, 0.25) is 0 Å². The second-order valence-corrected chi connectivity index (χ2v) is 21.2. The van der Waals surface area contributed by atoms with Crippen LogP contribution in [-0.4, -0.2) is 14.1 Å². The summed E-state index contributed by atoms with van der Waals surface area (Å²) in [6, 6.07) is 52.8. The van der Waals surface area contributed by atoms with Crippen molar-refractivity contribution in [1.82, 2.24) is 14.1 Å². The molecule has 9 aromatic rings. The van der Waals surface area contributed by atoms with Crippen molar-refractivity contribution in [2.45, 2.75) is 105 Å². The molecule has 0 saturated heterocycles. The van der Waals surface area contributed by atoms with Gasteiger partial charge in [0.25, 0.3) is 6.33 Å². The molecule has 0 saturated carbocycles. The summed E-state index contributed by atoms with van der Waals surface area (Å²) >= 11 is 0. The Labute approximate surface area is 394 Å². The summed E-state index contributed by atoms with van der Waals surface area (Å²) in [7, 11) is 0. The van der Waals surface area contributed by atoms with E-state index >= 15 is 0 Å². The Morgan fingerprint density at radius 3 is 1.84 bits per heavy atom. The van der Waals surface area contributed by atoms with E-state index in [4.69, 9.17) is 9.72 Å². The summed E-state index contributed by atoms with van der Waals surface area (Å²) in [5, 5.41) is 2.21. The van der Waals surface area contributed by atoms with E-state index < -0.39 is 0 Å². The molecule has 0 N–H and O–H groups in total. The Balaban J connectivity index is 0.00000560. The van der Waals surface area contributed by atoms with Crippen LogP contribution in [0.15, 0.2) is 134 Å². The average molecular weight is 1020 g/mol. The molecule has 0 atom stereocenters. The minimum absolute atomic E-state index is 0. The zero-order valence-electron chi connectivity index (χ0n) is 39.2. The van der Waals surface area contributed by atoms with Gasteiger partial charge >= 0.3 is 0 Å². The minimum atomic E-state index is -0.0440. The first kappa shape index (κ1) is 44.8. The number of imidazole rings is 1. The third-order valence-corrected chi connectivity index (χ3v) is 12.2. The van der Waals surface area contributed by atoms with Crippen LogP contribution in [0.4, 0.5) is 0 Å². The van der Waals surface area contributed by atoms with Crippen molar-refractivity contribution in [3.63, 3.8) is 0 Å². The van der Waals surface area contributed by atoms with E-state index in [-0.39, 0.29) is 42.7 Å². The molecule has 0 amide bonds. The maximum Gasteiger partial charge on any atom is 0.268 e. The summed E-state index contributed by atoms with van der Waals surface area (Å²) in [5.74, 6) is 2.02. The van der Waals surface area contributed by atoms with E-state index in [0.29, 0.717) is 11.5 Å². The maximum atomic E-state index is 6.72. The number of benzene rings is 6. The number of aromatic nitrogens is 4. The molecule has 5 nitrogen and oxygen atoms in total. The minimum Gasteiger partial charge on any atom is -0.510 e. The van der Waals surface area contributed by atoms with E-state index in [9.17, 15) is 0 Å². The number of ether oxygens (including phenoxy) is 1. The second kappa shape index (κ2) is 16.3. The Bertz CT molecular complexity index is 3150. The van der Waals surface area contributed by atoms with Crippen molar-refractivity contribution >= 4 is 32.8 Å². The molecule has 9 rings (SSSR count). The van der Waals surface area contributed by atoms with Gasteiger partial charge < -0.3 is 13.9 Å². The number of pyridine rings is 1. The van der Waals surface area contributed by atoms with Crippen LogP contribution in [0.1, 0.15) is 105 Å². The molecule has 0 unspecified atom stereocenters. The first-order valence-electron chi connectivity index (χ1n) is 22.1. The van der Waals surface area contributed by atoms with Crippen molar-refractivity contribution in [2.24, 2.45) is 0 Å². The summed E-state index contributed by atoms with van der Waals surface area (Å²) in [6.07, 6.45) is 5.68. The van der Waals surface area contributed by atoms with Gasteiger partial charge in [0.2, 0.25) is 0 Å². The first-order valence-corrected chi connectivity index (χ1v) is 22.1. The molecule has 6 heteroatoms. The standard InChI is InChI=1S/C58H58N4O.Pt/c1-55(2,3)40-22-26-51-53(33-40)60(37-61(51)45-31-42(57(7,8)9)30-43(32-45)58(10,11)12)44-19-16-20-46(35-44)63-47-23-24-48-49-29-39(38-17-14-13-15-18-38)21-25-50(49)62(52(48)36-47)54-34-41(27-28-59-54)56(4,5)6;/h13-34H,1-12H3;/q-2;. The van der Waals surface area contributed by atoms with Crippen LogP contribution in [0, 0.1) is 18.5 Å². The molecule has 64 heavy (non-hydrogen) atoms. The average Bonchev–Trinajstić information content (AvgIpc) is 3.78. The quantitative estimate of drug-likeness (QED) is 0.123. The molecule has 3 aromatic heterocycles. The van der Waals surface area contributed by atoms with Crippen LogP contribution in [0.25, 0.3) is 61.2 Å². The number of rotatable bonds is 6. The SMILES string of the molecule is CC(C)(C)c1cc(-[n+]2[c-]n(-c3[c-]c(Oc4[c-]c5c(cc4)c4cc(-c6ccccc6)ccc4n5-c4cc(C(C)(C)C)ccn4)ccc3)c3cc(C(C)(C)C)ccc32)cc(C(C)(C)C)c1.[Pt]. The summed E-state index contributed by atoms with van der Waals surface area (Å²) in [5.41, 5.74) is 13.2. The van der Waals surface area contributed by atoms with Gasteiger partial charge in [0.1, 0.15) is 5.82 Å². The largest absolute Gasteiger partial charge is 0.510 e. The van der Waals surface area contributed by atoms with Crippen molar-refractivity contribution in [3.05, 3.63) is 174 Å². The smallest absolute Gasteiger partial charge is 0.268 e. The third-order valence-electron chi connectivity index (χ3n) is 12.2. The molecular formula is C58H58N4OPt-2. The third kappa shape index (κ3) is 8.60. The van der Waals surface area contributed by atoms with Crippen molar-refractivity contribution in [1.29, 1.82) is 0 Å². The fourth-order valence-electron chi connectivity index (χ4n) is 8.34. The molecule has 0 radical (unpaired) electrons. The van der Waals surface area contributed by atoms with Crippen molar-refractivity contribution in [3.8, 4) is 39.8 Å². The molecule has 0 bridgehead atoms. The van der Waals surface area contributed by atoms with Crippen LogP contribution in [-0.2, 0) is 42.7 Å². The van der Waals surface area contributed by atoms with Crippen molar-refractivity contribution < 1.29 is 30.4 Å². The van der Waals surface area contributed by atoms with Gasteiger partial charge in [0.05, 0.1) is 16.7 Å². The van der Waals surface area contributed by atoms with E-state index in [1.807, 2.05) is 24.4 Å². The monoisotopic (exact) mass is 1020 g/mol. The van der Waals surface area contributed by atoms with Gasteiger partial charge in [-0.3, -0.25) is 4.57 Å². The molecule has 0 aliphatic heterocycles. The predicted molar refractivity (Wildman–Crippen MR) is 260 cm³/mol. The number of hydrogen-bond acceptors (Lipinski definition) is 2. The van der Waals surface area contributed by atoms with Gasteiger partial charge in [0, 0.05) is 44.3 Å². The Morgan fingerprint density at radius 2 is 1.17 bits per heavy atom. The molecule has 6 aromatic carbocycles. The zero-order chi connectivity index (χ0) is 44.6. The topological polar surface area (TPSA) is 35.9 Å². The fourth-order valence-corrected chi connectivity index (χ4v) is 8.34. The molecule has 0 spiro atoms. The molecule has 0 aliphatic carbocycles. The summed E-state index contributed by atoms with van der Waals surface area (Å²) in [4.78, 5) is 4.93. The molecule has 3 heterocycles. The van der Waals surface area contributed by atoms with E-state index in [1.54, 1.807) is 0 Å². The van der Waals surface area contributed by atoms with Crippen LogP contribution < -0.4 is 9.30 Å². The Kier molecular flexibility index (Phi) is 11.4. The normalized spacial score (nSPS) is 12.6. The maximum absolute atomic E-state index is 6.72. The Morgan fingerprint density at radius 1 is 0.516 bits per heavy atom. The number of fused-ring (bicyclic) bond motifs is 4. The molecular weight excluding hydrogens is 964 g/mol. The van der Waals surface area contributed by atoms with Crippen LogP contribution in [0.3, 0.4) is 0 Å². The van der Waals surface area contributed by atoms with Crippen molar-refractivity contribution in [2.75, 3.05) is 0 Å². The van der Waals surface area contributed by atoms with Gasteiger partial charge in [0.15, 0.2) is 0 Å². The van der Waals surface area contributed by atoms with E-state index in [1.165, 1.54) is 27.8 Å². The summed E-state index contributed by atoms with van der Waals surface area (Å²) < 4.78 is 13.3. The van der Waals surface area contributed by atoms with Gasteiger partial charge in [-0.15, -0.1) is 29.7 Å². The Hall–Kier alpha value is -5.77. The number of hydrogen-bond donors (Lipinski definition) is 0. The first-order chi connectivity index (χ1) is 29.7. The predicted octanol–water partition coefficient (Wildman–Crippen LogP) is 14.4. The van der Waals surface area contributed by atoms with Crippen LogP contribution in [0.5, 0.6) is 11.5 Å². The van der Waals surface area contributed by atoms with E-state index in [0.717, 1.165) is 55.6 Å². The van der Waals surface area contributed by atoms with Crippen LogP contribution >= 0.6 is 0 Å². The van der Waals surface area contributed by atoms with Gasteiger partial charge in [-0.05, 0) is 103 Å². The molecule has 328 valence electrons. The zero-order valence-corrected chi connectivity index (χ0v) is 41.5. The van der Waals surface area contributed by atoms with E-state index in [2.05, 4.69) is 224 Å². The van der Waals surface area contributed by atoms with Gasteiger partial charge in [-0.25, -0.2) is 4.98 Å². The number of nitrogens with zero attached hydrogens (tertiary/aromatic N) is 4.